The number of hydrogen-bond donors (Lipinski definition) is 2. The third-order valence-corrected chi connectivity index (χ3v) is 4.60. The maximum atomic E-state index is 6.05. The van der Waals surface area contributed by atoms with Crippen molar-refractivity contribution in [2.45, 2.75) is 38.6 Å². The Bertz CT molecular complexity index is 698. The van der Waals surface area contributed by atoms with Crippen molar-refractivity contribution in [1.82, 2.24) is 15.0 Å². The third kappa shape index (κ3) is 1.79. The lowest BCUT2D eigenvalue weighted by Crippen LogP contribution is -2.30. The molecule has 1 aliphatic heterocycles. The van der Waals surface area contributed by atoms with E-state index in [1.807, 2.05) is 5.01 Å². The molecule has 20 heavy (non-hydrogen) atoms. The van der Waals surface area contributed by atoms with Crippen LogP contribution < -0.4 is 5.84 Å². The monoisotopic (exact) mass is 268 g/mol. The largest absolute Gasteiger partial charge is 0.341 e. The van der Waals surface area contributed by atoms with Gasteiger partial charge in [0.2, 0.25) is 0 Å². The average Bonchev–Trinajstić information content (AvgIpc) is 3.03. The van der Waals surface area contributed by atoms with E-state index >= 15 is 0 Å². The van der Waals surface area contributed by atoms with E-state index in [4.69, 9.17) is 10.8 Å². The van der Waals surface area contributed by atoms with E-state index in [1.165, 1.54) is 16.7 Å². The van der Waals surface area contributed by atoms with Crippen molar-refractivity contribution >= 4 is 17.1 Å². The summed E-state index contributed by atoms with van der Waals surface area (Å²) >= 11 is 0. The predicted molar refractivity (Wildman–Crippen MR) is 80.9 cm³/mol. The Labute approximate surface area is 118 Å². The molecule has 4 rings (SSSR count). The van der Waals surface area contributed by atoms with Gasteiger partial charge in [0.25, 0.3) is 0 Å². The zero-order valence-corrected chi connectivity index (χ0v) is 11.8. The molecule has 1 aliphatic carbocycles. The summed E-state index contributed by atoms with van der Waals surface area (Å²) in [6, 6.07) is 4.60. The summed E-state index contributed by atoms with van der Waals surface area (Å²) in [5, 5.41) is 1.91. The number of imidazole rings is 1. The molecule has 1 atom stereocenters. The molecule has 0 radical (unpaired) electrons. The zero-order chi connectivity index (χ0) is 13.7. The molecule has 2 heterocycles. The molecule has 4 nitrogen and oxygen atoms in total. The number of hydrogen-bond acceptors (Lipinski definition) is 3. The van der Waals surface area contributed by atoms with Crippen molar-refractivity contribution in [3.63, 3.8) is 0 Å². The molecule has 0 bridgehead atoms. The summed E-state index contributed by atoms with van der Waals surface area (Å²) in [7, 11) is 0. The summed E-state index contributed by atoms with van der Waals surface area (Å²) in [5.74, 6) is 7.08. The number of rotatable bonds is 1. The van der Waals surface area contributed by atoms with E-state index < -0.39 is 0 Å². The van der Waals surface area contributed by atoms with Gasteiger partial charge in [0.15, 0.2) is 0 Å². The predicted octanol–water partition coefficient (Wildman–Crippen LogP) is 2.92. The third-order valence-electron chi connectivity index (χ3n) is 4.60. The van der Waals surface area contributed by atoms with Crippen LogP contribution in [0, 0.1) is 0 Å². The van der Waals surface area contributed by atoms with Gasteiger partial charge in [0, 0.05) is 6.54 Å². The fourth-order valence-electron chi connectivity index (χ4n) is 3.47. The van der Waals surface area contributed by atoms with Gasteiger partial charge in [-0.3, -0.25) is 5.84 Å². The maximum Gasteiger partial charge on any atom is 0.126 e. The van der Waals surface area contributed by atoms with Gasteiger partial charge < -0.3 is 4.98 Å². The van der Waals surface area contributed by atoms with Gasteiger partial charge in [-0.25, -0.2) is 9.99 Å². The Balaban J connectivity index is 1.84. The maximum absolute atomic E-state index is 6.05. The van der Waals surface area contributed by atoms with Gasteiger partial charge in [0.05, 0.1) is 17.1 Å². The van der Waals surface area contributed by atoms with Crippen LogP contribution in [0.1, 0.15) is 49.2 Å². The van der Waals surface area contributed by atoms with Crippen LogP contribution >= 0.6 is 0 Å². The lowest BCUT2D eigenvalue weighted by molar-refractivity contribution is 0.258. The second-order valence-corrected chi connectivity index (χ2v) is 6.04. The highest BCUT2D eigenvalue weighted by Crippen LogP contribution is 2.33. The van der Waals surface area contributed by atoms with E-state index in [2.05, 4.69) is 30.1 Å². The second kappa shape index (κ2) is 4.43. The minimum atomic E-state index is 0.249. The molecule has 2 aromatic rings. The lowest BCUT2D eigenvalue weighted by Gasteiger charge is -2.16. The van der Waals surface area contributed by atoms with Crippen LogP contribution in [0.4, 0.5) is 0 Å². The van der Waals surface area contributed by atoms with Crippen molar-refractivity contribution < 1.29 is 0 Å². The highest BCUT2D eigenvalue weighted by molar-refractivity contribution is 5.84. The molecule has 4 heteroatoms. The number of aromatic nitrogens is 2. The lowest BCUT2D eigenvalue weighted by atomic mass is 9.92. The number of allylic oxidation sites excluding steroid dienone is 1. The van der Waals surface area contributed by atoms with Crippen molar-refractivity contribution in [3.05, 3.63) is 34.7 Å². The molecule has 1 fully saturated rings. The van der Waals surface area contributed by atoms with E-state index in [1.54, 1.807) is 0 Å². The summed E-state index contributed by atoms with van der Waals surface area (Å²) in [5.41, 5.74) is 6.46. The summed E-state index contributed by atoms with van der Waals surface area (Å²) in [4.78, 5) is 8.35. The quantitative estimate of drug-likeness (QED) is 0.782. The number of benzene rings is 1. The van der Waals surface area contributed by atoms with Crippen LogP contribution in [0.25, 0.3) is 17.1 Å². The Morgan fingerprint density at radius 1 is 1.35 bits per heavy atom. The van der Waals surface area contributed by atoms with Crippen LogP contribution in [0.3, 0.4) is 0 Å². The molecule has 1 unspecified atom stereocenters. The van der Waals surface area contributed by atoms with Crippen LogP contribution in [0.2, 0.25) is 0 Å². The molecular weight excluding hydrogens is 248 g/mol. The number of aromatic amines is 1. The minimum Gasteiger partial charge on any atom is -0.341 e. The van der Waals surface area contributed by atoms with Gasteiger partial charge in [-0.05, 0) is 49.8 Å². The molecule has 104 valence electrons. The van der Waals surface area contributed by atoms with Crippen molar-refractivity contribution in [2.24, 2.45) is 5.84 Å². The molecule has 2 aliphatic rings. The van der Waals surface area contributed by atoms with E-state index in [9.17, 15) is 0 Å². The first-order chi connectivity index (χ1) is 9.72. The molecule has 0 amide bonds. The van der Waals surface area contributed by atoms with Gasteiger partial charge in [0.1, 0.15) is 5.82 Å². The van der Waals surface area contributed by atoms with E-state index in [0.29, 0.717) is 0 Å². The fraction of sp³-hybridized carbons (Fsp3) is 0.438. The molecule has 3 N–H and O–H groups in total. The number of fused-ring (bicyclic) bond motifs is 3. The van der Waals surface area contributed by atoms with Crippen LogP contribution in [-0.2, 0) is 6.42 Å². The van der Waals surface area contributed by atoms with Gasteiger partial charge >= 0.3 is 0 Å². The minimum absolute atomic E-state index is 0.249. The van der Waals surface area contributed by atoms with Gasteiger partial charge in [-0.15, -0.1) is 0 Å². The SMILES string of the molecule is CC1=Cc2ccc3[nH]c(C4CCCN4N)nc3c2CC1. The number of hydrazine groups is 1. The number of nitrogens with one attached hydrogen (secondary N) is 1. The number of H-pyrrole nitrogens is 1. The van der Waals surface area contributed by atoms with Gasteiger partial charge in [-0.1, -0.05) is 17.7 Å². The normalized spacial score (nSPS) is 23.1. The topological polar surface area (TPSA) is 57.9 Å². The van der Waals surface area contributed by atoms with Crippen LogP contribution in [-0.4, -0.2) is 21.5 Å². The second-order valence-electron chi connectivity index (χ2n) is 6.04. The summed E-state index contributed by atoms with van der Waals surface area (Å²) in [6.45, 7) is 3.16. The summed E-state index contributed by atoms with van der Waals surface area (Å²) in [6.07, 6.45) is 6.77. The first kappa shape index (κ1) is 12.1. The Morgan fingerprint density at radius 3 is 3.05 bits per heavy atom. The first-order valence-electron chi connectivity index (χ1n) is 7.42. The van der Waals surface area contributed by atoms with Crippen molar-refractivity contribution in [2.75, 3.05) is 6.54 Å². The van der Waals surface area contributed by atoms with E-state index in [-0.39, 0.29) is 6.04 Å². The van der Waals surface area contributed by atoms with E-state index in [0.717, 1.165) is 49.1 Å². The molecule has 0 saturated carbocycles. The Kier molecular flexibility index (Phi) is 2.69. The zero-order valence-electron chi connectivity index (χ0n) is 11.8. The Morgan fingerprint density at radius 2 is 2.25 bits per heavy atom. The van der Waals surface area contributed by atoms with Crippen molar-refractivity contribution in [3.8, 4) is 0 Å². The standard InChI is InChI=1S/C16H20N4/c1-10-4-6-12-11(9-10)5-7-13-15(12)19-16(18-13)14-3-2-8-20(14)17/h5,7,9,14H,2-4,6,8,17H2,1H3,(H,18,19). The molecule has 1 aromatic heterocycles. The number of nitrogens with zero attached hydrogens (tertiary/aromatic N) is 2. The summed E-state index contributed by atoms with van der Waals surface area (Å²) < 4.78 is 0. The average molecular weight is 268 g/mol. The van der Waals surface area contributed by atoms with Crippen LogP contribution in [0.5, 0.6) is 0 Å². The fourth-order valence-corrected chi connectivity index (χ4v) is 3.47. The number of aryl methyl sites for hydroxylation is 1. The van der Waals surface area contributed by atoms with Crippen LogP contribution in [0.15, 0.2) is 17.7 Å². The molecule has 1 aromatic carbocycles. The van der Waals surface area contributed by atoms with Gasteiger partial charge in [-0.2, -0.15) is 0 Å². The molecular formula is C16H20N4. The highest BCUT2D eigenvalue weighted by atomic mass is 15.4. The first-order valence-corrected chi connectivity index (χ1v) is 7.42. The number of nitrogens with two attached hydrogens (primary N) is 1. The molecule has 0 spiro atoms. The molecule has 1 saturated heterocycles. The highest BCUT2D eigenvalue weighted by Gasteiger charge is 2.26. The van der Waals surface area contributed by atoms with Crippen molar-refractivity contribution in [1.29, 1.82) is 0 Å². The smallest absolute Gasteiger partial charge is 0.126 e. The Hall–Kier alpha value is -1.65.